The third kappa shape index (κ3) is 6.37. The summed E-state index contributed by atoms with van der Waals surface area (Å²) in [5.41, 5.74) is -0.390. The van der Waals surface area contributed by atoms with Gasteiger partial charge in [0.15, 0.2) is 0 Å². The zero-order chi connectivity index (χ0) is 14.2. The summed E-state index contributed by atoms with van der Waals surface area (Å²) in [7, 11) is 0. The van der Waals surface area contributed by atoms with Crippen molar-refractivity contribution in [1.29, 1.82) is 5.26 Å². The summed E-state index contributed by atoms with van der Waals surface area (Å²) < 4.78 is 5.76. The number of nitriles is 1. The highest BCUT2D eigenvalue weighted by Crippen LogP contribution is 2.18. The van der Waals surface area contributed by atoms with Gasteiger partial charge in [-0.25, -0.2) is 0 Å². The first-order valence-corrected chi connectivity index (χ1v) is 7.17. The minimum absolute atomic E-state index is 0.293. The molecule has 0 aliphatic carbocycles. The first kappa shape index (κ1) is 17.4. The molecule has 1 N–H and O–H groups in total. The van der Waals surface area contributed by atoms with Crippen LogP contribution in [0.5, 0.6) is 0 Å². The molecule has 3 heteroatoms. The maximum Gasteiger partial charge on any atom is 0.106 e. The Bertz CT molecular complexity index is 258. The van der Waals surface area contributed by atoms with Crippen LogP contribution < -0.4 is 5.32 Å². The smallest absolute Gasteiger partial charge is 0.106 e. The number of nitrogens with zero attached hydrogens (tertiary/aromatic N) is 1. The molecule has 18 heavy (non-hydrogen) atoms. The third-order valence-electron chi connectivity index (χ3n) is 3.45. The average Bonchev–Trinajstić information content (AvgIpc) is 2.32. The van der Waals surface area contributed by atoms with Crippen LogP contribution >= 0.6 is 0 Å². The molecule has 106 valence electrons. The molecule has 0 heterocycles. The lowest BCUT2D eigenvalue weighted by Gasteiger charge is -2.29. The molecule has 0 saturated heterocycles. The van der Waals surface area contributed by atoms with Crippen molar-refractivity contribution < 1.29 is 4.74 Å². The maximum absolute atomic E-state index is 9.37. The van der Waals surface area contributed by atoms with E-state index < -0.39 is 5.54 Å². The summed E-state index contributed by atoms with van der Waals surface area (Å²) in [5.74, 6) is 0.547. The van der Waals surface area contributed by atoms with Crippen LogP contribution in [0.4, 0.5) is 0 Å². The molecule has 0 saturated carbocycles. The summed E-state index contributed by atoms with van der Waals surface area (Å²) in [6, 6.07) is 2.77. The Hall–Kier alpha value is -0.590. The highest BCUT2D eigenvalue weighted by atomic mass is 16.5. The molecule has 0 aromatic rings. The van der Waals surface area contributed by atoms with Gasteiger partial charge in [-0.15, -0.1) is 0 Å². The van der Waals surface area contributed by atoms with Crippen molar-refractivity contribution >= 4 is 0 Å². The Kier molecular flexibility index (Phi) is 8.22. The van der Waals surface area contributed by atoms with Crippen molar-refractivity contribution in [1.82, 2.24) is 5.32 Å². The van der Waals surface area contributed by atoms with E-state index in [2.05, 4.69) is 52.9 Å². The molecule has 0 aromatic heterocycles. The van der Waals surface area contributed by atoms with Crippen LogP contribution in [0.15, 0.2) is 0 Å². The van der Waals surface area contributed by atoms with Crippen LogP contribution in [0.2, 0.25) is 0 Å². The van der Waals surface area contributed by atoms with Gasteiger partial charge in [0.2, 0.25) is 0 Å². The standard InChI is InChI=1S/C15H30N2O/c1-7-15(11-16,17-13(4)5)9-8-10-18-14(6)12(2)3/h12-14,17H,7-10H2,1-6H3. The van der Waals surface area contributed by atoms with E-state index in [0.29, 0.717) is 18.1 Å². The van der Waals surface area contributed by atoms with E-state index in [9.17, 15) is 5.26 Å². The van der Waals surface area contributed by atoms with Crippen LogP contribution in [-0.4, -0.2) is 24.3 Å². The topological polar surface area (TPSA) is 45.0 Å². The fourth-order valence-corrected chi connectivity index (χ4v) is 1.91. The SMILES string of the molecule is CCC(C#N)(CCCOC(C)C(C)C)NC(C)C. The van der Waals surface area contributed by atoms with Crippen molar-refractivity contribution in [3.8, 4) is 6.07 Å². The van der Waals surface area contributed by atoms with E-state index in [1.54, 1.807) is 0 Å². The molecule has 0 bridgehead atoms. The van der Waals surface area contributed by atoms with Gasteiger partial charge in [0, 0.05) is 12.6 Å². The molecule has 0 radical (unpaired) electrons. The molecule has 0 aliphatic rings. The van der Waals surface area contributed by atoms with E-state index in [1.807, 2.05) is 0 Å². The van der Waals surface area contributed by atoms with Gasteiger partial charge in [0.05, 0.1) is 12.2 Å². The summed E-state index contributed by atoms with van der Waals surface area (Å²) in [6.07, 6.45) is 2.91. The molecule has 2 unspecified atom stereocenters. The van der Waals surface area contributed by atoms with Gasteiger partial charge < -0.3 is 4.74 Å². The largest absolute Gasteiger partial charge is 0.378 e. The molecule has 0 spiro atoms. The molecule has 0 aromatic carbocycles. The molecule has 3 nitrogen and oxygen atoms in total. The minimum Gasteiger partial charge on any atom is -0.378 e. The third-order valence-corrected chi connectivity index (χ3v) is 3.45. The van der Waals surface area contributed by atoms with Gasteiger partial charge in [0.1, 0.15) is 5.54 Å². The predicted molar refractivity (Wildman–Crippen MR) is 76.4 cm³/mol. The molecule has 0 amide bonds. The van der Waals surface area contributed by atoms with Crippen molar-refractivity contribution in [3.63, 3.8) is 0 Å². The quantitative estimate of drug-likeness (QED) is 0.641. The second kappa shape index (κ2) is 8.50. The second-order valence-electron chi connectivity index (χ2n) is 5.77. The average molecular weight is 254 g/mol. The highest BCUT2D eigenvalue weighted by Gasteiger charge is 2.27. The molecular formula is C15H30N2O. The van der Waals surface area contributed by atoms with Gasteiger partial charge >= 0.3 is 0 Å². The minimum atomic E-state index is -0.390. The lowest BCUT2D eigenvalue weighted by Crippen LogP contribution is -2.47. The summed E-state index contributed by atoms with van der Waals surface area (Å²) in [4.78, 5) is 0. The number of rotatable bonds is 9. The number of ether oxygens (including phenoxy) is 1. The maximum atomic E-state index is 9.37. The lowest BCUT2D eigenvalue weighted by atomic mass is 9.91. The highest BCUT2D eigenvalue weighted by molar-refractivity contribution is 5.06. The van der Waals surface area contributed by atoms with Gasteiger partial charge in [-0.1, -0.05) is 20.8 Å². The normalized spacial score (nSPS) is 16.6. The van der Waals surface area contributed by atoms with E-state index in [-0.39, 0.29) is 0 Å². The number of hydrogen-bond donors (Lipinski definition) is 1. The first-order chi connectivity index (χ1) is 8.37. The van der Waals surface area contributed by atoms with E-state index >= 15 is 0 Å². The molecule has 0 fully saturated rings. The Balaban J connectivity index is 4.10. The predicted octanol–water partition coefficient (Wildman–Crippen LogP) is 3.50. The molecule has 0 aliphatic heterocycles. The van der Waals surface area contributed by atoms with Gasteiger partial charge in [-0.3, -0.25) is 5.32 Å². The Labute approximate surface area is 113 Å². The molecule has 2 atom stereocenters. The first-order valence-electron chi connectivity index (χ1n) is 7.17. The molecular weight excluding hydrogens is 224 g/mol. The lowest BCUT2D eigenvalue weighted by molar-refractivity contribution is 0.0310. The van der Waals surface area contributed by atoms with E-state index in [0.717, 1.165) is 25.9 Å². The van der Waals surface area contributed by atoms with Gasteiger partial charge in [0.25, 0.3) is 0 Å². The fourth-order valence-electron chi connectivity index (χ4n) is 1.91. The van der Waals surface area contributed by atoms with Crippen LogP contribution in [-0.2, 0) is 4.74 Å². The number of hydrogen-bond acceptors (Lipinski definition) is 3. The van der Waals surface area contributed by atoms with Crippen molar-refractivity contribution in [3.05, 3.63) is 0 Å². The summed E-state index contributed by atoms with van der Waals surface area (Å²) >= 11 is 0. The van der Waals surface area contributed by atoms with Gasteiger partial charge in [-0.05, 0) is 46.0 Å². The van der Waals surface area contributed by atoms with Crippen LogP contribution in [0.1, 0.15) is 60.8 Å². The monoisotopic (exact) mass is 254 g/mol. The fraction of sp³-hybridized carbons (Fsp3) is 0.933. The van der Waals surface area contributed by atoms with Crippen molar-refractivity contribution in [2.45, 2.75) is 78.5 Å². The van der Waals surface area contributed by atoms with Gasteiger partial charge in [-0.2, -0.15) is 5.26 Å². The zero-order valence-electron chi connectivity index (χ0n) is 12.9. The van der Waals surface area contributed by atoms with Crippen LogP contribution in [0, 0.1) is 17.2 Å². The zero-order valence-corrected chi connectivity index (χ0v) is 12.9. The van der Waals surface area contributed by atoms with Crippen molar-refractivity contribution in [2.75, 3.05) is 6.61 Å². The van der Waals surface area contributed by atoms with E-state index in [1.165, 1.54) is 0 Å². The summed E-state index contributed by atoms with van der Waals surface area (Å²) in [5, 5.41) is 12.8. The Morgan fingerprint density at radius 3 is 2.22 bits per heavy atom. The summed E-state index contributed by atoms with van der Waals surface area (Å²) in [6.45, 7) is 13.4. The Morgan fingerprint density at radius 2 is 1.83 bits per heavy atom. The Morgan fingerprint density at radius 1 is 1.22 bits per heavy atom. The van der Waals surface area contributed by atoms with E-state index in [4.69, 9.17) is 4.74 Å². The molecule has 0 rings (SSSR count). The van der Waals surface area contributed by atoms with Crippen LogP contribution in [0.25, 0.3) is 0 Å². The number of nitrogens with one attached hydrogen (secondary N) is 1. The van der Waals surface area contributed by atoms with Crippen molar-refractivity contribution in [2.24, 2.45) is 5.92 Å². The van der Waals surface area contributed by atoms with Crippen LogP contribution in [0.3, 0.4) is 0 Å². The second-order valence-corrected chi connectivity index (χ2v) is 5.77.